The molecule has 0 saturated heterocycles. The van der Waals surface area contributed by atoms with Gasteiger partial charge in [0.2, 0.25) is 0 Å². The van der Waals surface area contributed by atoms with E-state index < -0.39 is 17.6 Å². The molecule has 0 unspecified atom stereocenters. The quantitative estimate of drug-likeness (QED) is 0.347. The van der Waals surface area contributed by atoms with Crippen LogP contribution in [0.25, 0.3) is 6.08 Å². The van der Waals surface area contributed by atoms with E-state index in [-0.39, 0.29) is 11.3 Å². The van der Waals surface area contributed by atoms with Crippen molar-refractivity contribution >= 4 is 17.9 Å². The Balaban J connectivity index is 2.30. The number of amides is 2. The van der Waals surface area contributed by atoms with E-state index in [0.29, 0.717) is 5.56 Å². The maximum Gasteiger partial charge on any atom is 0.281 e. The van der Waals surface area contributed by atoms with Gasteiger partial charge in [0.25, 0.3) is 11.8 Å². The molecule has 0 atom stereocenters. The van der Waals surface area contributed by atoms with Crippen LogP contribution in [0, 0.1) is 5.82 Å². The van der Waals surface area contributed by atoms with Crippen LogP contribution < -0.4 is 16.6 Å². The first-order valence-corrected chi connectivity index (χ1v) is 6.45. The van der Waals surface area contributed by atoms with Crippen molar-refractivity contribution in [3.63, 3.8) is 0 Å². The summed E-state index contributed by atoms with van der Waals surface area (Å²) in [6.07, 6.45) is 1.22. The topological polar surface area (TPSA) is 84.2 Å². The van der Waals surface area contributed by atoms with E-state index in [1.807, 2.05) is 5.43 Å². The van der Waals surface area contributed by atoms with E-state index in [4.69, 9.17) is 5.84 Å². The summed E-state index contributed by atoms with van der Waals surface area (Å²) in [4.78, 5) is 23.8. The van der Waals surface area contributed by atoms with Gasteiger partial charge in [0.1, 0.15) is 11.5 Å². The molecule has 0 spiro atoms. The average Bonchev–Trinajstić information content (AvgIpc) is 2.56. The standard InChI is InChI=1S/C16H14FN3O2/c17-13-9-5-4-8-12(13)10-14(16(22)20-18)19-15(21)11-6-2-1-3-7-11/h1-10H,18H2,(H,19,21)(H,20,22)/b14-10+. The van der Waals surface area contributed by atoms with Crippen LogP contribution in [0.4, 0.5) is 4.39 Å². The van der Waals surface area contributed by atoms with Gasteiger partial charge in [-0.15, -0.1) is 0 Å². The number of nitrogens with two attached hydrogens (primary N) is 1. The largest absolute Gasteiger partial charge is 0.317 e. The molecule has 0 heterocycles. The molecule has 0 aromatic heterocycles. The van der Waals surface area contributed by atoms with Gasteiger partial charge in [-0.3, -0.25) is 15.0 Å². The van der Waals surface area contributed by atoms with Gasteiger partial charge in [0, 0.05) is 11.1 Å². The summed E-state index contributed by atoms with van der Waals surface area (Å²) in [6, 6.07) is 14.2. The Bertz CT molecular complexity index is 714. The lowest BCUT2D eigenvalue weighted by Gasteiger charge is -2.09. The van der Waals surface area contributed by atoms with Gasteiger partial charge >= 0.3 is 0 Å². The minimum absolute atomic E-state index is 0.151. The number of hydrogen-bond acceptors (Lipinski definition) is 3. The molecule has 2 amide bonds. The van der Waals surface area contributed by atoms with Crippen LogP contribution in [0.5, 0.6) is 0 Å². The Morgan fingerprint density at radius 3 is 2.27 bits per heavy atom. The lowest BCUT2D eigenvalue weighted by atomic mass is 10.1. The van der Waals surface area contributed by atoms with E-state index in [2.05, 4.69) is 5.32 Å². The highest BCUT2D eigenvalue weighted by molar-refractivity contribution is 6.05. The zero-order valence-corrected chi connectivity index (χ0v) is 11.5. The van der Waals surface area contributed by atoms with E-state index in [1.165, 1.54) is 24.3 Å². The molecule has 0 aliphatic heterocycles. The zero-order chi connectivity index (χ0) is 15.9. The molecule has 2 rings (SSSR count). The summed E-state index contributed by atoms with van der Waals surface area (Å²) in [6.45, 7) is 0. The van der Waals surface area contributed by atoms with E-state index in [0.717, 1.165) is 0 Å². The SMILES string of the molecule is NNC(=O)/C(=C\c1ccccc1F)NC(=O)c1ccccc1. The number of rotatable bonds is 4. The maximum atomic E-state index is 13.7. The van der Waals surface area contributed by atoms with Crippen molar-refractivity contribution in [3.05, 3.63) is 77.2 Å². The second-order valence-corrected chi connectivity index (χ2v) is 4.37. The highest BCUT2D eigenvalue weighted by Gasteiger charge is 2.14. The maximum absolute atomic E-state index is 13.7. The van der Waals surface area contributed by atoms with Crippen molar-refractivity contribution in [2.45, 2.75) is 0 Å². The molecule has 5 nitrogen and oxygen atoms in total. The van der Waals surface area contributed by atoms with Crippen LogP contribution in [-0.4, -0.2) is 11.8 Å². The number of carbonyl (C=O) groups is 2. The third-order valence-corrected chi connectivity index (χ3v) is 2.86. The second kappa shape index (κ2) is 7.14. The first-order chi connectivity index (χ1) is 10.6. The van der Waals surface area contributed by atoms with Crippen LogP contribution in [0.1, 0.15) is 15.9 Å². The van der Waals surface area contributed by atoms with Crippen LogP contribution in [-0.2, 0) is 4.79 Å². The van der Waals surface area contributed by atoms with E-state index >= 15 is 0 Å². The summed E-state index contributed by atoms with van der Waals surface area (Å²) >= 11 is 0. The molecule has 0 fully saturated rings. The van der Waals surface area contributed by atoms with Crippen molar-refractivity contribution in [1.82, 2.24) is 10.7 Å². The molecular weight excluding hydrogens is 285 g/mol. The summed E-state index contributed by atoms with van der Waals surface area (Å²) in [7, 11) is 0. The van der Waals surface area contributed by atoms with Gasteiger partial charge in [0.05, 0.1) is 0 Å². The molecule has 0 aliphatic carbocycles. The fourth-order valence-corrected chi connectivity index (χ4v) is 1.77. The number of halogens is 1. The van der Waals surface area contributed by atoms with Crippen LogP contribution in [0.2, 0.25) is 0 Å². The molecule has 112 valence electrons. The van der Waals surface area contributed by atoms with Crippen molar-refractivity contribution in [3.8, 4) is 0 Å². The molecule has 22 heavy (non-hydrogen) atoms. The molecule has 0 bridgehead atoms. The summed E-state index contributed by atoms with van der Waals surface area (Å²) in [5, 5.41) is 2.42. The van der Waals surface area contributed by atoms with Crippen LogP contribution in [0.15, 0.2) is 60.3 Å². The van der Waals surface area contributed by atoms with Crippen LogP contribution in [0.3, 0.4) is 0 Å². The second-order valence-electron chi connectivity index (χ2n) is 4.37. The number of benzene rings is 2. The third-order valence-electron chi connectivity index (χ3n) is 2.86. The number of carbonyl (C=O) groups excluding carboxylic acids is 2. The highest BCUT2D eigenvalue weighted by atomic mass is 19.1. The molecule has 2 aromatic rings. The zero-order valence-electron chi connectivity index (χ0n) is 11.5. The molecule has 4 N–H and O–H groups in total. The summed E-state index contributed by atoms with van der Waals surface area (Å²) in [5.74, 6) is 3.36. The normalized spacial score (nSPS) is 10.9. The predicted octanol–water partition coefficient (Wildman–Crippen LogP) is 1.59. The molecule has 0 saturated carbocycles. The Morgan fingerprint density at radius 1 is 1.00 bits per heavy atom. The monoisotopic (exact) mass is 299 g/mol. The lowest BCUT2D eigenvalue weighted by molar-refractivity contribution is -0.117. The van der Waals surface area contributed by atoms with Gasteiger partial charge < -0.3 is 5.32 Å². The molecule has 2 aromatic carbocycles. The number of hydrazine groups is 1. The van der Waals surface area contributed by atoms with Gasteiger partial charge in [-0.1, -0.05) is 36.4 Å². The van der Waals surface area contributed by atoms with E-state index in [9.17, 15) is 14.0 Å². The minimum Gasteiger partial charge on any atom is -0.317 e. The van der Waals surface area contributed by atoms with Gasteiger partial charge in [-0.2, -0.15) is 0 Å². The van der Waals surface area contributed by atoms with Crippen molar-refractivity contribution in [1.29, 1.82) is 0 Å². The fourth-order valence-electron chi connectivity index (χ4n) is 1.77. The molecule has 0 aliphatic rings. The first kappa shape index (κ1) is 15.4. The third kappa shape index (κ3) is 3.77. The summed E-state index contributed by atoms with van der Waals surface area (Å²) < 4.78 is 13.7. The molecular formula is C16H14FN3O2. The van der Waals surface area contributed by atoms with Gasteiger partial charge in [0.15, 0.2) is 0 Å². The minimum atomic E-state index is -0.729. The Kier molecular flexibility index (Phi) is 5.00. The van der Waals surface area contributed by atoms with E-state index in [1.54, 1.807) is 36.4 Å². The predicted molar refractivity (Wildman–Crippen MR) is 80.6 cm³/mol. The van der Waals surface area contributed by atoms with Gasteiger partial charge in [-0.25, -0.2) is 10.2 Å². The highest BCUT2D eigenvalue weighted by Crippen LogP contribution is 2.11. The first-order valence-electron chi connectivity index (χ1n) is 6.45. The average molecular weight is 299 g/mol. The molecule has 0 radical (unpaired) electrons. The smallest absolute Gasteiger partial charge is 0.281 e. The van der Waals surface area contributed by atoms with Gasteiger partial charge in [-0.05, 0) is 24.3 Å². The summed E-state index contributed by atoms with van der Waals surface area (Å²) in [5.41, 5.74) is 2.29. The Morgan fingerprint density at radius 2 is 1.64 bits per heavy atom. The molecule has 6 heteroatoms. The number of hydrogen-bond donors (Lipinski definition) is 3. The Labute approximate surface area is 126 Å². The van der Waals surface area contributed by atoms with Crippen molar-refractivity contribution in [2.24, 2.45) is 5.84 Å². The fraction of sp³-hybridized carbons (Fsp3) is 0. The Hall–Kier alpha value is -2.99. The number of nitrogens with one attached hydrogen (secondary N) is 2. The van der Waals surface area contributed by atoms with Crippen LogP contribution >= 0.6 is 0 Å². The van der Waals surface area contributed by atoms with Crippen molar-refractivity contribution in [2.75, 3.05) is 0 Å². The van der Waals surface area contributed by atoms with Crippen molar-refractivity contribution < 1.29 is 14.0 Å². The lowest BCUT2D eigenvalue weighted by Crippen LogP contribution is -2.38.